The van der Waals surface area contributed by atoms with E-state index >= 15 is 0 Å². The van der Waals surface area contributed by atoms with Gasteiger partial charge in [0, 0.05) is 40.3 Å². The highest BCUT2D eigenvalue weighted by atomic mass is 15.1. The standard InChI is InChI=1S/C28H32N4/c1-5-32(6-2)17-16-29-21(4)27-15-13-24(31-27)19-26-20(3)30-28-18-23(12-14-25(26)28)22-10-8-7-9-11-22/h7-15,18-19,29-31H,3-6,16-17H2,1-2H3/b26-19+. The van der Waals surface area contributed by atoms with Gasteiger partial charge in [-0.1, -0.05) is 69.5 Å². The first kappa shape index (κ1) is 21.7. The molecular formula is C28H32N4. The number of aromatic amines is 2. The summed E-state index contributed by atoms with van der Waals surface area (Å²) in [6, 6.07) is 21.1. The molecule has 0 radical (unpaired) electrons. The smallest absolute Gasteiger partial charge is 0.0614 e. The average molecular weight is 425 g/mol. The molecule has 0 fully saturated rings. The van der Waals surface area contributed by atoms with Crippen LogP contribution in [-0.4, -0.2) is 41.0 Å². The van der Waals surface area contributed by atoms with Crippen molar-refractivity contribution in [2.24, 2.45) is 0 Å². The summed E-state index contributed by atoms with van der Waals surface area (Å²) < 4.78 is 0. The van der Waals surface area contributed by atoms with Gasteiger partial charge in [-0.25, -0.2) is 0 Å². The van der Waals surface area contributed by atoms with Crippen molar-refractivity contribution in [2.75, 3.05) is 26.2 Å². The Labute approximate surface area is 190 Å². The van der Waals surface area contributed by atoms with Crippen LogP contribution in [0.4, 0.5) is 0 Å². The molecule has 0 unspecified atom stereocenters. The topological polar surface area (TPSA) is 46.8 Å². The van der Waals surface area contributed by atoms with Crippen LogP contribution < -0.4 is 15.9 Å². The van der Waals surface area contributed by atoms with Gasteiger partial charge in [0.2, 0.25) is 0 Å². The van der Waals surface area contributed by atoms with Crippen LogP contribution in [0.2, 0.25) is 0 Å². The third-order valence-electron chi connectivity index (χ3n) is 6.02. The summed E-state index contributed by atoms with van der Waals surface area (Å²) >= 11 is 0. The predicted molar refractivity (Wildman–Crippen MR) is 138 cm³/mol. The fourth-order valence-corrected chi connectivity index (χ4v) is 4.08. The van der Waals surface area contributed by atoms with Gasteiger partial charge in [-0.15, -0.1) is 0 Å². The second-order valence-corrected chi connectivity index (χ2v) is 8.05. The van der Waals surface area contributed by atoms with E-state index in [9.17, 15) is 0 Å². The lowest BCUT2D eigenvalue weighted by Gasteiger charge is -2.18. The van der Waals surface area contributed by atoms with Crippen molar-refractivity contribution < 1.29 is 0 Å². The molecule has 0 saturated heterocycles. The van der Waals surface area contributed by atoms with E-state index in [4.69, 9.17) is 0 Å². The van der Waals surface area contributed by atoms with Gasteiger partial charge in [-0.05, 0) is 48.5 Å². The number of nitrogens with one attached hydrogen (secondary N) is 3. The summed E-state index contributed by atoms with van der Waals surface area (Å²) in [7, 11) is 0. The van der Waals surface area contributed by atoms with Crippen molar-refractivity contribution in [2.45, 2.75) is 13.8 Å². The Morgan fingerprint density at radius 3 is 2.50 bits per heavy atom. The number of fused-ring (bicyclic) bond motifs is 1. The number of benzene rings is 2. The zero-order chi connectivity index (χ0) is 22.5. The van der Waals surface area contributed by atoms with Crippen LogP contribution in [0.25, 0.3) is 40.4 Å². The third kappa shape index (κ3) is 4.71. The Balaban J connectivity index is 1.55. The Morgan fingerprint density at radius 1 is 0.969 bits per heavy atom. The van der Waals surface area contributed by atoms with E-state index in [1.165, 1.54) is 16.5 Å². The highest BCUT2D eigenvalue weighted by Gasteiger charge is 2.06. The van der Waals surface area contributed by atoms with Crippen molar-refractivity contribution in [3.8, 4) is 11.1 Å². The molecule has 4 nitrogen and oxygen atoms in total. The molecule has 0 amide bonds. The molecule has 0 bridgehead atoms. The van der Waals surface area contributed by atoms with Crippen LogP contribution in [0.1, 0.15) is 25.2 Å². The highest BCUT2D eigenvalue weighted by Crippen LogP contribution is 2.21. The first-order chi connectivity index (χ1) is 15.6. The number of aromatic nitrogens is 2. The second kappa shape index (κ2) is 9.75. The first-order valence-electron chi connectivity index (χ1n) is 11.3. The average Bonchev–Trinajstić information content (AvgIpc) is 3.41. The second-order valence-electron chi connectivity index (χ2n) is 8.05. The van der Waals surface area contributed by atoms with Crippen LogP contribution in [0.5, 0.6) is 0 Å². The largest absolute Gasteiger partial charge is 0.383 e. The van der Waals surface area contributed by atoms with E-state index in [0.29, 0.717) is 0 Å². The van der Waals surface area contributed by atoms with Gasteiger partial charge in [0.25, 0.3) is 0 Å². The van der Waals surface area contributed by atoms with Gasteiger partial charge >= 0.3 is 0 Å². The molecule has 0 saturated carbocycles. The maximum atomic E-state index is 4.24. The summed E-state index contributed by atoms with van der Waals surface area (Å²) in [6.45, 7) is 16.8. The molecule has 4 rings (SSSR count). The Hall–Kier alpha value is -3.50. The minimum atomic E-state index is 0.883. The number of likely N-dealkylation sites (N-methyl/N-ethyl adjacent to an activating group) is 1. The minimum absolute atomic E-state index is 0.883. The first-order valence-corrected chi connectivity index (χ1v) is 11.3. The van der Waals surface area contributed by atoms with E-state index in [1.807, 2.05) is 6.07 Å². The summed E-state index contributed by atoms with van der Waals surface area (Å²) in [5, 5.41) is 6.62. The highest BCUT2D eigenvalue weighted by molar-refractivity contribution is 5.86. The fourth-order valence-electron chi connectivity index (χ4n) is 4.08. The van der Waals surface area contributed by atoms with Crippen LogP contribution in [0.3, 0.4) is 0 Å². The molecule has 32 heavy (non-hydrogen) atoms. The summed E-state index contributed by atoms with van der Waals surface area (Å²) in [5.41, 5.74) is 6.45. The lowest BCUT2D eigenvalue weighted by atomic mass is 10.0. The van der Waals surface area contributed by atoms with Crippen LogP contribution in [0, 0.1) is 0 Å². The van der Waals surface area contributed by atoms with E-state index in [-0.39, 0.29) is 0 Å². The molecule has 0 atom stereocenters. The van der Waals surface area contributed by atoms with Crippen LogP contribution in [-0.2, 0) is 0 Å². The summed E-state index contributed by atoms with van der Waals surface area (Å²) in [5.74, 6) is 0. The maximum absolute atomic E-state index is 4.24. The zero-order valence-corrected chi connectivity index (χ0v) is 19.0. The van der Waals surface area contributed by atoms with Gasteiger partial charge in [-0.2, -0.15) is 0 Å². The Morgan fingerprint density at radius 2 is 1.75 bits per heavy atom. The molecule has 2 aromatic heterocycles. The van der Waals surface area contributed by atoms with E-state index in [0.717, 1.165) is 59.3 Å². The van der Waals surface area contributed by atoms with E-state index < -0.39 is 0 Å². The molecule has 0 spiro atoms. The molecule has 164 valence electrons. The maximum Gasteiger partial charge on any atom is 0.0614 e. The molecule has 2 heterocycles. The van der Waals surface area contributed by atoms with Crippen LogP contribution in [0.15, 0.2) is 67.2 Å². The molecule has 3 N–H and O–H groups in total. The molecule has 4 heteroatoms. The van der Waals surface area contributed by atoms with Gasteiger partial charge in [0.05, 0.1) is 11.4 Å². The van der Waals surface area contributed by atoms with Gasteiger partial charge in [0.15, 0.2) is 0 Å². The minimum Gasteiger partial charge on any atom is -0.383 e. The fraction of sp³-hybridized carbons (Fsp3) is 0.214. The summed E-state index contributed by atoms with van der Waals surface area (Å²) in [6.07, 6.45) is 2.15. The molecule has 4 aromatic rings. The Kier molecular flexibility index (Phi) is 6.62. The third-order valence-corrected chi connectivity index (χ3v) is 6.02. The van der Waals surface area contributed by atoms with Crippen molar-refractivity contribution >= 4 is 29.3 Å². The van der Waals surface area contributed by atoms with Crippen molar-refractivity contribution in [1.29, 1.82) is 0 Å². The van der Waals surface area contributed by atoms with Gasteiger partial charge in [-0.3, -0.25) is 0 Å². The molecule has 0 aliphatic heterocycles. The molecular weight excluding hydrogens is 392 g/mol. The number of nitrogens with zero attached hydrogens (tertiary/aromatic N) is 1. The normalized spacial score (nSPS) is 12.0. The summed E-state index contributed by atoms with van der Waals surface area (Å²) in [4.78, 5) is 9.31. The van der Waals surface area contributed by atoms with E-state index in [1.54, 1.807) is 0 Å². The number of H-pyrrole nitrogens is 2. The lowest BCUT2D eigenvalue weighted by Crippen LogP contribution is -2.31. The molecule has 0 aliphatic rings. The number of hydrogen-bond acceptors (Lipinski definition) is 2. The predicted octanol–water partition coefficient (Wildman–Crippen LogP) is 4.30. The molecule has 0 aliphatic carbocycles. The van der Waals surface area contributed by atoms with Crippen molar-refractivity contribution in [3.63, 3.8) is 0 Å². The monoisotopic (exact) mass is 424 g/mol. The zero-order valence-electron chi connectivity index (χ0n) is 19.0. The van der Waals surface area contributed by atoms with Crippen LogP contribution >= 0.6 is 0 Å². The molecule has 2 aromatic carbocycles. The van der Waals surface area contributed by atoms with E-state index in [2.05, 4.69) is 108 Å². The number of hydrogen-bond donors (Lipinski definition) is 3. The van der Waals surface area contributed by atoms with Crippen molar-refractivity contribution in [3.05, 3.63) is 89.2 Å². The van der Waals surface area contributed by atoms with Crippen molar-refractivity contribution in [1.82, 2.24) is 20.2 Å². The van der Waals surface area contributed by atoms with Gasteiger partial charge in [0.1, 0.15) is 0 Å². The Bertz CT molecular complexity index is 1310. The van der Waals surface area contributed by atoms with Gasteiger partial charge < -0.3 is 20.2 Å². The quantitative estimate of drug-likeness (QED) is 0.375. The SMILES string of the molecule is C=C(NCCN(CC)CC)c1ccc(/C=c2\c(=C)[nH]c3cc(-c4ccccc4)ccc23)[nH]1. The lowest BCUT2D eigenvalue weighted by molar-refractivity contribution is 0.308. The number of rotatable bonds is 9.